The molecule has 7 heteroatoms. The van der Waals surface area contributed by atoms with Crippen molar-refractivity contribution in [3.8, 4) is 0 Å². The standard InChI is InChI=1S/C18H21ClN4OS/c1-12-14-10-16(17(24)21-9-5-8-20-2)25-18(14)23(22-12)11-13-6-3-4-7-15(13)19/h3-4,6-7,10,20H,5,8-9,11H2,1-2H3,(H,21,24). The maximum atomic E-state index is 12.3. The van der Waals surface area contributed by atoms with Gasteiger partial charge in [0.05, 0.1) is 17.1 Å². The Morgan fingerprint density at radius 3 is 2.88 bits per heavy atom. The number of benzene rings is 1. The maximum Gasteiger partial charge on any atom is 0.261 e. The average molecular weight is 377 g/mol. The SMILES string of the molecule is CNCCCNC(=O)c1cc2c(C)nn(Cc3ccccc3Cl)c2s1. The maximum absolute atomic E-state index is 12.3. The molecule has 0 aliphatic rings. The van der Waals surface area contributed by atoms with Crippen LogP contribution in [-0.2, 0) is 6.54 Å². The third-order valence-electron chi connectivity index (χ3n) is 4.00. The fraction of sp³-hybridized carbons (Fsp3) is 0.333. The normalized spacial score (nSPS) is 11.2. The molecule has 2 heterocycles. The number of halogens is 1. The zero-order chi connectivity index (χ0) is 17.8. The summed E-state index contributed by atoms with van der Waals surface area (Å²) >= 11 is 7.74. The second-order valence-corrected chi connectivity index (χ2v) is 7.31. The molecule has 2 aromatic heterocycles. The fourth-order valence-electron chi connectivity index (χ4n) is 2.67. The summed E-state index contributed by atoms with van der Waals surface area (Å²) in [7, 11) is 1.90. The number of rotatable bonds is 7. The number of nitrogens with one attached hydrogen (secondary N) is 2. The first-order valence-electron chi connectivity index (χ1n) is 8.23. The van der Waals surface area contributed by atoms with Crippen molar-refractivity contribution in [1.29, 1.82) is 0 Å². The number of carbonyl (C=O) groups excluding carboxylic acids is 1. The van der Waals surface area contributed by atoms with Gasteiger partial charge in [-0.15, -0.1) is 11.3 Å². The molecule has 0 fully saturated rings. The van der Waals surface area contributed by atoms with E-state index >= 15 is 0 Å². The van der Waals surface area contributed by atoms with Crippen LogP contribution in [0.1, 0.15) is 27.3 Å². The van der Waals surface area contributed by atoms with Gasteiger partial charge in [-0.2, -0.15) is 5.10 Å². The Morgan fingerprint density at radius 1 is 1.32 bits per heavy atom. The van der Waals surface area contributed by atoms with Gasteiger partial charge in [-0.25, -0.2) is 0 Å². The summed E-state index contributed by atoms with van der Waals surface area (Å²) in [6.07, 6.45) is 0.909. The number of amides is 1. The molecule has 3 aromatic rings. The number of fused-ring (bicyclic) bond motifs is 1. The first kappa shape index (κ1) is 17.9. The highest BCUT2D eigenvalue weighted by atomic mass is 35.5. The molecule has 0 spiro atoms. The molecule has 25 heavy (non-hydrogen) atoms. The molecule has 5 nitrogen and oxygen atoms in total. The summed E-state index contributed by atoms with van der Waals surface area (Å²) in [6, 6.07) is 9.68. The van der Waals surface area contributed by atoms with Gasteiger partial charge in [0, 0.05) is 17.0 Å². The summed E-state index contributed by atoms with van der Waals surface area (Å²) < 4.78 is 1.92. The van der Waals surface area contributed by atoms with E-state index in [-0.39, 0.29) is 5.91 Å². The van der Waals surface area contributed by atoms with Crippen molar-refractivity contribution in [3.63, 3.8) is 0 Å². The largest absolute Gasteiger partial charge is 0.351 e. The van der Waals surface area contributed by atoms with E-state index in [1.165, 1.54) is 11.3 Å². The van der Waals surface area contributed by atoms with Crippen molar-refractivity contribution in [2.75, 3.05) is 20.1 Å². The van der Waals surface area contributed by atoms with Crippen LogP contribution in [0, 0.1) is 6.92 Å². The van der Waals surface area contributed by atoms with Gasteiger partial charge in [-0.05, 0) is 44.6 Å². The predicted octanol–water partition coefficient (Wildman–Crippen LogP) is 3.45. The lowest BCUT2D eigenvalue weighted by atomic mass is 10.2. The van der Waals surface area contributed by atoms with Gasteiger partial charge in [-0.1, -0.05) is 29.8 Å². The monoisotopic (exact) mass is 376 g/mol. The lowest BCUT2D eigenvalue weighted by Crippen LogP contribution is -2.25. The fourth-order valence-corrected chi connectivity index (χ4v) is 3.95. The molecule has 0 atom stereocenters. The summed E-state index contributed by atoms with van der Waals surface area (Å²) in [5.41, 5.74) is 1.94. The molecule has 1 amide bonds. The molecule has 132 valence electrons. The van der Waals surface area contributed by atoms with Crippen LogP contribution in [-0.4, -0.2) is 35.8 Å². The average Bonchev–Trinajstić information content (AvgIpc) is 3.15. The van der Waals surface area contributed by atoms with Crippen LogP contribution in [0.2, 0.25) is 5.02 Å². The van der Waals surface area contributed by atoms with E-state index in [0.717, 1.165) is 39.5 Å². The van der Waals surface area contributed by atoms with Crippen molar-refractivity contribution in [1.82, 2.24) is 20.4 Å². The van der Waals surface area contributed by atoms with Crippen LogP contribution in [0.4, 0.5) is 0 Å². The Kier molecular flexibility index (Phi) is 5.73. The predicted molar refractivity (Wildman–Crippen MR) is 104 cm³/mol. The molecule has 3 rings (SSSR count). The van der Waals surface area contributed by atoms with Gasteiger partial charge in [0.15, 0.2) is 0 Å². The Bertz CT molecular complexity index is 886. The number of nitrogens with zero attached hydrogens (tertiary/aromatic N) is 2. The second-order valence-electron chi connectivity index (χ2n) is 5.88. The molecule has 0 saturated heterocycles. The van der Waals surface area contributed by atoms with Gasteiger partial charge < -0.3 is 10.6 Å². The summed E-state index contributed by atoms with van der Waals surface area (Å²) in [5, 5.41) is 12.4. The van der Waals surface area contributed by atoms with E-state index in [4.69, 9.17) is 11.6 Å². The smallest absolute Gasteiger partial charge is 0.261 e. The first-order valence-corrected chi connectivity index (χ1v) is 9.42. The van der Waals surface area contributed by atoms with E-state index in [9.17, 15) is 4.79 Å². The molecule has 2 N–H and O–H groups in total. The molecule has 0 unspecified atom stereocenters. The van der Waals surface area contributed by atoms with Crippen LogP contribution < -0.4 is 10.6 Å². The minimum atomic E-state index is -0.0269. The van der Waals surface area contributed by atoms with E-state index in [0.29, 0.717) is 18.0 Å². The number of thiophene rings is 1. The van der Waals surface area contributed by atoms with Gasteiger partial charge in [0.2, 0.25) is 0 Å². The Balaban J connectivity index is 1.81. The van der Waals surface area contributed by atoms with Crippen LogP contribution in [0.5, 0.6) is 0 Å². The topological polar surface area (TPSA) is 58.9 Å². The quantitative estimate of drug-likeness (QED) is 0.621. The zero-order valence-electron chi connectivity index (χ0n) is 14.3. The van der Waals surface area contributed by atoms with E-state index in [2.05, 4.69) is 15.7 Å². The van der Waals surface area contributed by atoms with Crippen LogP contribution in [0.3, 0.4) is 0 Å². The number of hydrogen-bond acceptors (Lipinski definition) is 4. The number of carbonyl (C=O) groups is 1. The van der Waals surface area contributed by atoms with Crippen LogP contribution in [0.25, 0.3) is 10.2 Å². The molecular formula is C18H21ClN4OS. The van der Waals surface area contributed by atoms with Crippen LogP contribution in [0.15, 0.2) is 30.3 Å². The minimum absolute atomic E-state index is 0.0269. The molecule has 0 aliphatic heterocycles. The zero-order valence-corrected chi connectivity index (χ0v) is 15.9. The molecule has 0 radical (unpaired) electrons. The molecule has 0 aliphatic carbocycles. The van der Waals surface area contributed by atoms with Crippen molar-refractivity contribution in [2.24, 2.45) is 0 Å². The van der Waals surface area contributed by atoms with E-state index < -0.39 is 0 Å². The number of hydrogen-bond donors (Lipinski definition) is 2. The third kappa shape index (κ3) is 4.03. The van der Waals surface area contributed by atoms with Crippen molar-refractivity contribution in [3.05, 3.63) is 51.5 Å². The van der Waals surface area contributed by atoms with Crippen molar-refractivity contribution in [2.45, 2.75) is 19.9 Å². The first-order chi connectivity index (χ1) is 12.1. The minimum Gasteiger partial charge on any atom is -0.351 e. The lowest BCUT2D eigenvalue weighted by Gasteiger charge is -2.05. The summed E-state index contributed by atoms with van der Waals surface area (Å²) in [5.74, 6) is -0.0269. The second kappa shape index (κ2) is 7.99. The molecule has 0 saturated carbocycles. The Hall–Kier alpha value is -1.89. The van der Waals surface area contributed by atoms with Crippen LogP contribution >= 0.6 is 22.9 Å². The molecule has 1 aromatic carbocycles. The number of aromatic nitrogens is 2. The molecular weight excluding hydrogens is 356 g/mol. The van der Waals surface area contributed by atoms with Gasteiger partial charge in [0.1, 0.15) is 4.83 Å². The molecule has 0 bridgehead atoms. The Morgan fingerprint density at radius 2 is 2.12 bits per heavy atom. The van der Waals surface area contributed by atoms with Crippen molar-refractivity contribution < 1.29 is 4.79 Å². The summed E-state index contributed by atoms with van der Waals surface area (Å²) in [6.45, 7) is 4.11. The lowest BCUT2D eigenvalue weighted by molar-refractivity contribution is 0.0957. The van der Waals surface area contributed by atoms with E-state index in [1.54, 1.807) is 0 Å². The van der Waals surface area contributed by atoms with Gasteiger partial charge in [-0.3, -0.25) is 9.48 Å². The highest BCUT2D eigenvalue weighted by molar-refractivity contribution is 7.20. The third-order valence-corrected chi connectivity index (χ3v) is 5.51. The van der Waals surface area contributed by atoms with Gasteiger partial charge >= 0.3 is 0 Å². The van der Waals surface area contributed by atoms with E-state index in [1.807, 2.05) is 49.0 Å². The highest BCUT2D eigenvalue weighted by Crippen LogP contribution is 2.29. The highest BCUT2D eigenvalue weighted by Gasteiger charge is 2.16. The van der Waals surface area contributed by atoms with Crippen molar-refractivity contribution >= 4 is 39.1 Å². The summed E-state index contributed by atoms with van der Waals surface area (Å²) in [4.78, 5) is 14.1. The number of aryl methyl sites for hydroxylation is 1. The van der Waals surface area contributed by atoms with Gasteiger partial charge in [0.25, 0.3) is 5.91 Å². The Labute approximate surface area is 156 Å².